The lowest BCUT2D eigenvalue weighted by molar-refractivity contribution is 0.789. The molecule has 4 heteroatoms. The molecule has 13 heavy (non-hydrogen) atoms. The molecule has 1 aromatic heterocycles. The third kappa shape index (κ3) is 2.57. The van der Waals surface area contributed by atoms with Crippen LogP contribution >= 0.6 is 11.6 Å². The molecule has 0 aliphatic carbocycles. The van der Waals surface area contributed by atoms with Crippen LogP contribution < -0.4 is 10.2 Å². The van der Waals surface area contributed by atoms with E-state index in [0.29, 0.717) is 11.6 Å². The Kier molecular flexibility index (Phi) is 3.51. The first-order chi connectivity index (χ1) is 6.15. The molecule has 1 aromatic rings. The lowest BCUT2D eigenvalue weighted by Gasteiger charge is -2.13. The number of anilines is 1. The van der Waals surface area contributed by atoms with Gasteiger partial charge in [-0.05, 0) is 19.2 Å². The zero-order valence-electron chi connectivity index (χ0n) is 8.13. The Bertz CT molecular complexity index is 286. The van der Waals surface area contributed by atoms with E-state index < -0.39 is 0 Å². The predicted octanol–water partition coefficient (Wildman–Crippen LogP) is 1.52. The topological polar surface area (TPSA) is 28.2 Å². The molecule has 0 fully saturated rings. The molecule has 1 rings (SSSR count). The summed E-state index contributed by atoms with van der Waals surface area (Å²) in [4.78, 5) is 6.35. The molecule has 1 heterocycles. The van der Waals surface area contributed by atoms with Crippen LogP contribution in [-0.2, 0) is 6.54 Å². The highest BCUT2D eigenvalue weighted by Gasteiger charge is 2.03. The second-order valence-electron chi connectivity index (χ2n) is 3.02. The molecule has 3 nitrogen and oxygen atoms in total. The number of pyridine rings is 1. The van der Waals surface area contributed by atoms with Gasteiger partial charge in [-0.15, -0.1) is 0 Å². The van der Waals surface area contributed by atoms with Gasteiger partial charge < -0.3 is 10.2 Å². The first kappa shape index (κ1) is 10.3. The smallest absolute Gasteiger partial charge is 0.128 e. The summed E-state index contributed by atoms with van der Waals surface area (Å²) in [5.74, 6) is 0.926. The molecule has 0 saturated heterocycles. The zero-order chi connectivity index (χ0) is 9.84. The third-order valence-electron chi connectivity index (χ3n) is 1.71. The van der Waals surface area contributed by atoms with Crippen molar-refractivity contribution in [2.75, 3.05) is 26.0 Å². The lowest BCUT2D eigenvalue weighted by atomic mass is 10.3. The molecule has 0 aliphatic heterocycles. The number of nitrogens with zero attached hydrogens (tertiary/aromatic N) is 2. The van der Waals surface area contributed by atoms with Crippen LogP contribution in [0.3, 0.4) is 0 Å². The minimum absolute atomic E-state index is 0.695. The van der Waals surface area contributed by atoms with Gasteiger partial charge in [-0.25, -0.2) is 4.98 Å². The van der Waals surface area contributed by atoms with Gasteiger partial charge in [0.2, 0.25) is 0 Å². The van der Waals surface area contributed by atoms with Crippen molar-refractivity contribution in [3.63, 3.8) is 0 Å². The highest BCUT2D eigenvalue weighted by atomic mass is 35.5. The number of halogens is 1. The lowest BCUT2D eigenvalue weighted by Crippen LogP contribution is -2.14. The van der Waals surface area contributed by atoms with Crippen molar-refractivity contribution in [3.05, 3.63) is 22.8 Å². The summed E-state index contributed by atoms with van der Waals surface area (Å²) in [7, 11) is 5.79. The summed E-state index contributed by atoms with van der Waals surface area (Å²) >= 11 is 5.96. The molecule has 0 spiro atoms. The second-order valence-corrected chi connectivity index (χ2v) is 3.43. The average molecular weight is 200 g/mol. The molecule has 0 unspecified atom stereocenters. The summed E-state index contributed by atoms with van der Waals surface area (Å²) in [6, 6.07) is 3.78. The van der Waals surface area contributed by atoms with E-state index in [9.17, 15) is 0 Å². The first-order valence-corrected chi connectivity index (χ1v) is 4.50. The van der Waals surface area contributed by atoms with E-state index in [1.165, 1.54) is 0 Å². The fourth-order valence-corrected chi connectivity index (χ4v) is 1.19. The standard InChI is InChI=1S/C9H14ClN3/c1-11-6-8-7(10)4-5-9(12-8)13(2)3/h4-5,11H,6H2,1-3H3. The van der Waals surface area contributed by atoms with Gasteiger partial charge in [0.1, 0.15) is 5.82 Å². The van der Waals surface area contributed by atoms with Gasteiger partial charge in [0.25, 0.3) is 0 Å². The van der Waals surface area contributed by atoms with Gasteiger partial charge in [0, 0.05) is 20.6 Å². The Morgan fingerprint density at radius 2 is 2.15 bits per heavy atom. The molecule has 0 radical (unpaired) electrons. The average Bonchev–Trinajstić information content (AvgIpc) is 2.08. The van der Waals surface area contributed by atoms with Crippen molar-refractivity contribution in [3.8, 4) is 0 Å². The third-order valence-corrected chi connectivity index (χ3v) is 2.05. The molecular weight excluding hydrogens is 186 g/mol. The summed E-state index contributed by atoms with van der Waals surface area (Å²) in [5, 5.41) is 3.73. The van der Waals surface area contributed by atoms with E-state index in [0.717, 1.165) is 11.5 Å². The van der Waals surface area contributed by atoms with Crippen molar-refractivity contribution in [2.45, 2.75) is 6.54 Å². The van der Waals surface area contributed by atoms with Gasteiger partial charge in [-0.1, -0.05) is 11.6 Å². The molecule has 0 aliphatic rings. The number of aromatic nitrogens is 1. The van der Waals surface area contributed by atoms with Crippen LogP contribution in [0.1, 0.15) is 5.69 Å². The van der Waals surface area contributed by atoms with Crippen molar-refractivity contribution in [1.82, 2.24) is 10.3 Å². The Morgan fingerprint density at radius 3 is 2.69 bits per heavy atom. The Morgan fingerprint density at radius 1 is 1.46 bits per heavy atom. The van der Waals surface area contributed by atoms with Crippen LogP contribution in [0, 0.1) is 0 Å². The van der Waals surface area contributed by atoms with Crippen molar-refractivity contribution in [2.24, 2.45) is 0 Å². The molecule has 0 bridgehead atoms. The first-order valence-electron chi connectivity index (χ1n) is 4.12. The van der Waals surface area contributed by atoms with Gasteiger partial charge in [-0.3, -0.25) is 0 Å². The summed E-state index contributed by atoms with van der Waals surface area (Å²) in [5.41, 5.74) is 0.885. The molecule has 0 aromatic carbocycles. The van der Waals surface area contributed by atoms with Gasteiger partial charge in [-0.2, -0.15) is 0 Å². The van der Waals surface area contributed by atoms with Gasteiger partial charge >= 0.3 is 0 Å². The van der Waals surface area contributed by atoms with Crippen molar-refractivity contribution < 1.29 is 0 Å². The van der Waals surface area contributed by atoms with Crippen LogP contribution in [0.2, 0.25) is 5.02 Å². The second kappa shape index (κ2) is 4.44. The van der Waals surface area contributed by atoms with Crippen molar-refractivity contribution >= 4 is 17.4 Å². The molecular formula is C9H14ClN3. The molecule has 72 valence electrons. The SMILES string of the molecule is CNCc1nc(N(C)C)ccc1Cl. The minimum Gasteiger partial charge on any atom is -0.363 e. The zero-order valence-corrected chi connectivity index (χ0v) is 8.89. The highest BCUT2D eigenvalue weighted by Crippen LogP contribution is 2.17. The molecule has 0 amide bonds. The van der Waals surface area contributed by atoms with E-state index in [2.05, 4.69) is 10.3 Å². The van der Waals surface area contributed by atoms with E-state index in [1.807, 2.05) is 38.2 Å². The Hall–Kier alpha value is -0.800. The minimum atomic E-state index is 0.695. The van der Waals surface area contributed by atoms with Crippen LogP contribution in [0.5, 0.6) is 0 Å². The van der Waals surface area contributed by atoms with Crippen LogP contribution in [-0.4, -0.2) is 26.1 Å². The van der Waals surface area contributed by atoms with E-state index in [4.69, 9.17) is 11.6 Å². The maximum atomic E-state index is 5.96. The van der Waals surface area contributed by atoms with Crippen LogP contribution in [0.15, 0.2) is 12.1 Å². The maximum absolute atomic E-state index is 5.96. The normalized spacial score (nSPS) is 10.2. The van der Waals surface area contributed by atoms with Crippen LogP contribution in [0.25, 0.3) is 0 Å². The quantitative estimate of drug-likeness (QED) is 0.800. The highest BCUT2D eigenvalue weighted by molar-refractivity contribution is 6.31. The molecule has 1 N–H and O–H groups in total. The fourth-order valence-electron chi connectivity index (χ4n) is 1.01. The largest absolute Gasteiger partial charge is 0.363 e. The van der Waals surface area contributed by atoms with Crippen molar-refractivity contribution in [1.29, 1.82) is 0 Å². The maximum Gasteiger partial charge on any atom is 0.128 e. The number of hydrogen-bond donors (Lipinski definition) is 1. The predicted molar refractivity (Wildman–Crippen MR) is 56.3 cm³/mol. The Balaban J connectivity index is 2.97. The summed E-state index contributed by atoms with van der Waals surface area (Å²) in [6.07, 6.45) is 0. The molecule has 0 saturated carbocycles. The van der Waals surface area contributed by atoms with Gasteiger partial charge in [0.05, 0.1) is 10.7 Å². The number of hydrogen-bond acceptors (Lipinski definition) is 3. The fraction of sp³-hybridized carbons (Fsp3) is 0.444. The monoisotopic (exact) mass is 199 g/mol. The summed E-state index contributed by atoms with van der Waals surface area (Å²) in [6.45, 7) is 0.695. The number of nitrogens with one attached hydrogen (secondary N) is 1. The Labute approximate surface area is 83.7 Å². The van der Waals surface area contributed by atoms with Crippen LogP contribution in [0.4, 0.5) is 5.82 Å². The summed E-state index contributed by atoms with van der Waals surface area (Å²) < 4.78 is 0. The van der Waals surface area contributed by atoms with Gasteiger partial charge in [0.15, 0.2) is 0 Å². The van der Waals surface area contributed by atoms with E-state index in [1.54, 1.807) is 0 Å². The molecule has 0 atom stereocenters. The van der Waals surface area contributed by atoms with E-state index in [-0.39, 0.29) is 0 Å². The number of rotatable bonds is 3. The van der Waals surface area contributed by atoms with E-state index >= 15 is 0 Å².